The summed E-state index contributed by atoms with van der Waals surface area (Å²) in [4.78, 5) is 25.4. The van der Waals surface area contributed by atoms with Crippen molar-refractivity contribution in [2.45, 2.75) is 32.7 Å². The van der Waals surface area contributed by atoms with Crippen LogP contribution in [0.4, 0.5) is 4.79 Å². The molecule has 0 unspecified atom stereocenters. The molecule has 1 N–H and O–H groups in total. The summed E-state index contributed by atoms with van der Waals surface area (Å²) in [6.45, 7) is 5.85. The molecule has 2 amide bonds. The third kappa shape index (κ3) is 5.06. The Hall–Kier alpha value is -1.30. The van der Waals surface area contributed by atoms with E-state index >= 15 is 0 Å². The van der Waals surface area contributed by atoms with Crippen LogP contribution in [0.15, 0.2) is 0 Å². The highest BCUT2D eigenvalue weighted by atomic mass is 16.6. The van der Waals surface area contributed by atoms with Crippen LogP contribution in [-0.4, -0.2) is 56.4 Å². The molecule has 1 fully saturated rings. The molecule has 1 atom stereocenters. The highest BCUT2D eigenvalue weighted by Gasteiger charge is 2.34. The molecule has 110 valence electrons. The SMILES string of the molecule is COCCNC(=O)[C@H]1CCCN1C(=O)OCC(C)C. The maximum Gasteiger partial charge on any atom is 0.410 e. The molecule has 1 heterocycles. The van der Waals surface area contributed by atoms with Gasteiger partial charge >= 0.3 is 6.09 Å². The third-order valence-electron chi connectivity index (χ3n) is 2.94. The van der Waals surface area contributed by atoms with Gasteiger partial charge < -0.3 is 14.8 Å². The van der Waals surface area contributed by atoms with Crippen LogP contribution in [0.1, 0.15) is 26.7 Å². The quantitative estimate of drug-likeness (QED) is 0.733. The Morgan fingerprint density at radius 1 is 1.42 bits per heavy atom. The lowest BCUT2D eigenvalue weighted by Crippen LogP contribution is -2.46. The summed E-state index contributed by atoms with van der Waals surface area (Å²) >= 11 is 0. The van der Waals surface area contributed by atoms with Gasteiger partial charge in [0.15, 0.2) is 0 Å². The van der Waals surface area contributed by atoms with Gasteiger partial charge in [-0.2, -0.15) is 0 Å². The van der Waals surface area contributed by atoms with Crippen molar-refractivity contribution in [3.63, 3.8) is 0 Å². The van der Waals surface area contributed by atoms with Crippen molar-refractivity contribution in [3.05, 3.63) is 0 Å². The number of carbonyl (C=O) groups is 2. The molecule has 19 heavy (non-hydrogen) atoms. The zero-order valence-corrected chi connectivity index (χ0v) is 12.0. The van der Waals surface area contributed by atoms with Gasteiger partial charge in [-0.1, -0.05) is 13.8 Å². The summed E-state index contributed by atoms with van der Waals surface area (Å²) in [6.07, 6.45) is 1.13. The second kappa shape index (κ2) is 7.99. The van der Waals surface area contributed by atoms with Gasteiger partial charge in [-0.15, -0.1) is 0 Å². The summed E-state index contributed by atoms with van der Waals surface area (Å²) in [5.74, 6) is 0.163. The van der Waals surface area contributed by atoms with Gasteiger partial charge in [0.2, 0.25) is 5.91 Å². The van der Waals surface area contributed by atoms with E-state index < -0.39 is 12.1 Å². The van der Waals surface area contributed by atoms with Crippen molar-refractivity contribution in [1.82, 2.24) is 10.2 Å². The van der Waals surface area contributed by atoms with Crippen molar-refractivity contribution in [3.8, 4) is 0 Å². The minimum atomic E-state index is -0.406. The Morgan fingerprint density at radius 3 is 2.79 bits per heavy atom. The van der Waals surface area contributed by atoms with Gasteiger partial charge in [-0.3, -0.25) is 9.69 Å². The van der Waals surface area contributed by atoms with Crippen molar-refractivity contribution in [1.29, 1.82) is 0 Å². The highest BCUT2D eigenvalue weighted by Crippen LogP contribution is 2.18. The smallest absolute Gasteiger partial charge is 0.410 e. The zero-order chi connectivity index (χ0) is 14.3. The molecule has 0 aromatic rings. The topological polar surface area (TPSA) is 67.9 Å². The fraction of sp³-hybridized carbons (Fsp3) is 0.846. The number of nitrogens with zero attached hydrogens (tertiary/aromatic N) is 1. The molecule has 0 aromatic heterocycles. The summed E-state index contributed by atoms with van der Waals surface area (Å²) in [5.41, 5.74) is 0. The van der Waals surface area contributed by atoms with E-state index in [2.05, 4.69) is 5.32 Å². The average Bonchev–Trinajstić information content (AvgIpc) is 2.85. The van der Waals surface area contributed by atoms with Gasteiger partial charge in [0, 0.05) is 20.2 Å². The molecule has 0 saturated carbocycles. The van der Waals surface area contributed by atoms with Crippen LogP contribution >= 0.6 is 0 Å². The van der Waals surface area contributed by atoms with E-state index in [-0.39, 0.29) is 5.91 Å². The number of rotatable bonds is 6. The largest absolute Gasteiger partial charge is 0.449 e. The lowest BCUT2D eigenvalue weighted by atomic mass is 10.2. The van der Waals surface area contributed by atoms with Crippen LogP contribution in [0.2, 0.25) is 0 Å². The summed E-state index contributed by atoms with van der Waals surface area (Å²) in [6, 6.07) is -0.406. The first-order chi connectivity index (χ1) is 9.06. The standard InChI is InChI=1S/C13H24N2O4/c1-10(2)9-19-13(17)15-7-4-5-11(15)12(16)14-6-8-18-3/h10-11H,4-9H2,1-3H3,(H,14,16)/t11-/m1/s1. The molecule has 0 radical (unpaired) electrons. The van der Waals surface area contributed by atoms with E-state index in [1.807, 2.05) is 13.8 Å². The lowest BCUT2D eigenvalue weighted by Gasteiger charge is -2.23. The van der Waals surface area contributed by atoms with Gasteiger partial charge in [-0.05, 0) is 18.8 Å². The molecule has 0 aromatic carbocycles. The third-order valence-corrected chi connectivity index (χ3v) is 2.94. The number of hydrogen-bond donors (Lipinski definition) is 1. The van der Waals surface area contributed by atoms with Crippen LogP contribution in [0.25, 0.3) is 0 Å². The first kappa shape index (κ1) is 15.8. The van der Waals surface area contributed by atoms with E-state index in [9.17, 15) is 9.59 Å². The second-order valence-electron chi connectivity index (χ2n) is 5.11. The predicted molar refractivity (Wildman–Crippen MR) is 70.8 cm³/mol. The first-order valence-corrected chi connectivity index (χ1v) is 6.76. The zero-order valence-electron chi connectivity index (χ0n) is 12.0. The monoisotopic (exact) mass is 272 g/mol. The fourth-order valence-corrected chi connectivity index (χ4v) is 1.97. The highest BCUT2D eigenvalue weighted by molar-refractivity contribution is 5.86. The van der Waals surface area contributed by atoms with Crippen LogP contribution in [0, 0.1) is 5.92 Å². The van der Waals surface area contributed by atoms with E-state index in [1.165, 1.54) is 4.90 Å². The van der Waals surface area contributed by atoms with Gasteiger partial charge in [0.1, 0.15) is 6.04 Å². The summed E-state index contributed by atoms with van der Waals surface area (Å²) in [5, 5.41) is 2.76. The van der Waals surface area contributed by atoms with Gasteiger partial charge in [0.05, 0.1) is 13.2 Å². The van der Waals surface area contributed by atoms with Crippen LogP contribution < -0.4 is 5.32 Å². The Labute approximate surface area is 114 Å². The minimum absolute atomic E-state index is 0.129. The van der Waals surface area contributed by atoms with E-state index in [0.29, 0.717) is 38.6 Å². The molecule has 0 bridgehead atoms. The number of amides is 2. The molecule has 1 aliphatic heterocycles. The molecule has 1 saturated heterocycles. The van der Waals surface area contributed by atoms with Crippen LogP contribution in [0.3, 0.4) is 0 Å². The predicted octanol–water partition coefficient (Wildman–Crippen LogP) is 1.01. The molecule has 6 heteroatoms. The molecular formula is C13H24N2O4. The molecule has 1 aliphatic rings. The maximum atomic E-state index is 12.0. The lowest BCUT2D eigenvalue weighted by molar-refractivity contribution is -0.125. The fourth-order valence-electron chi connectivity index (χ4n) is 1.97. The van der Waals surface area contributed by atoms with E-state index in [1.54, 1.807) is 7.11 Å². The van der Waals surface area contributed by atoms with Gasteiger partial charge in [-0.25, -0.2) is 4.79 Å². The van der Waals surface area contributed by atoms with E-state index in [0.717, 1.165) is 6.42 Å². The number of likely N-dealkylation sites (tertiary alicyclic amines) is 1. The van der Waals surface area contributed by atoms with E-state index in [4.69, 9.17) is 9.47 Å². The molecule has 0 aliphatic carbocycles. The number of methoxy groups -OCH3 is 1. The first-order valence-electron chi connectivity index (χ1n) is 6.76. The minimum Gasteiger partial charge on any atom is -0.449 e. The van der Waals surface area contributed by atoms with Crippen molar-refractivity contribution in [2.75, 3.05) is 33.4 Å². The summed E-state index contributed by atoms with van der Waals surface area (Å²) < 4.78 is 10.0. The second-order valence-corrected chi connectivity index (χ2v) is 5.11. The Balaban J connectivity index is 2.44. The molecule has 6 nitrogen and oxygen atoms in total. The number of carbonyl (C=O) groups excluding carboxylic acids is 2. The van der Waals surface area contributed by atoms with Crippen molar-refractivity contribution in [2.24, 2.45) is 5.92 Å². The summed E-state index contributed by atoms with van der Waals surface area (Å²) in [7, 11) is 1.58. The van der Waals surface area contributed by atoms with Gasteiger partial charge in [0.25, 0.3) is 0 Å². The Morgan fingerprint density at radius 2 is 2.16 bits per heavy atom. The molecule has 0 spiro atoms. The van der Waals surface area contributed by atoms with Crippen molar-refractivity contribution < 1.29 is 19.1 Å². The van der Waals surface area contributed by atoms with Crippen LogP contribution in [0.5, 0.6) is 0 Å². The van der Waals surface area contributed by atoms with Crippen molar-refractivity contribution >= 4 is 12.0 Å². The molecule has 1 rings (SSSR count). The maximum absolute atomic E-state index is 12.0. The Bertz CT molecular complexity index is 307. The number of hydrogen-bond acceptors (Lipinski definition) is 4. The molecular weight excluding hydrogens is 248 g/mol. The average molecular weight is 272 g/mol. The normalized spacial score (nSPS) is 18.7. The van der Waals surface area contributed by atoms with Crippen LogP contribution in [-0.2, 0) is 14.3 Å². The number of nitrogens with one attached hydrogen (secondary N) is 1. The Kier molecular flexibility index (Phi) is 6.62. The number of ether oxygens (including phenoxy) is 2.